The van der Waals surface area contributed by atoms with Crippen molar-refractivity contribution >= 4 is 16.9 Å². The Kier molecular flexibility index (Phi) is 4.83. The monoisotopic (exact) mass is 415 g/mol. The zero-order valence-electron chi connectivity index (χ0n) is 16.7. The third-order valence-corrected chi connectivity index (χ3v) is 5.79. The van der Waals surface area contributed by atoms with E-state index in [9.17, 15) is 14.7 Å². The van der Waals surface area contributed by atoms with Gasteiger partial charge in [0.05, 0.1) is 17.0 Å². The molecule has 1 aliphatic heterocycles. The van der Waals surface area contributed by atoms with Gasteiger partial charge in [-0.05, 0) is 55.3 Å². The molecule has 0 saturated carbocycles. The molecule has 8 nitrogen and oxygen atoms in total. The molecular formula is C23H21N5O3. The van der Waals surface area contributed by atoms with Gasteiger partial charge in [0.15, 0.2) is 0 Å². The number of likely N-dealkylation sites (tertiary alicyclic amines) is 1. The lowest BCUT2D eigenvalue weighted by Crippen LogP contribution is -2.35. The predicted octanol–water partition coefficient (Wildman–Crippen LogP) is 3.03. The van der Waals surface area contributed by atoms with Crippen molar-refractivity contribution in [3.63, 3.8) is 0 Å². The SMILES string of the molecule is O=C(O)C1CCCN1Cc1ccc2cc(-c3cc(-c4ccncc4)n[nH]c3=O)[nH]c2c1. The van der Waals surface area contributed by atoms with E-state index in [1.807, 2.05) is 41.3 Å². The average Bonchev–Trinajstić information content (AvgIpc) is 3.41. The minimum atomic E-state index is -0.761. The Bertz CT molecular complexity index is 1310. The van der Waals surface area contributed by atoms with E-state index in [2.05, 4.69) is 20.2 Å². The van der Waals surface area contributed by atoms with E-state index in [-0.39, 0.29) is 5.56 Å². The van der Waals surface area contributed by atoms with Crippen LogP contribution in [0.5, 0.6) is 0 Å². The number of hydrogen-bond acceptors (Lipinski definition) is 5. The van der Waals surface area contributed by atoms with E-state index in [4.69, 9.17) is 0 Å². The lowest BCUT2D eigenvalue weighted by molar-refractivity contribution is -0.142. The van der Waals surface area contributed by atoms with Gasteiger partial charge in [0, 0.05) is 35.4 Å². The van der Waals surface area contributed by atoms with Crippen LogP contribution in [-0.2, 0) is 11.3 Å². The molecule has 5 rings (SSSR count). The summed E-state index contributed by atoms with van der Waals surface area (Å²) in [6, 6.07) is 13.0. The summed E-state index contributed by atoms with van der Waals surface area (Å²) in [6.45, 7) is 1.37. The molecule has 3 N–H and O–H groups in total. The van der Waals surface area contributed by atoms with E-state index >= 15 is 0 Å². The van der Waals surface area contributed by atoms with Gasteiger partial charge in [0.2, 0.25) is 0 Å². The second-order valence-electron chi connectivity index (χ2n) is 7.80. The first-order valence-corrected chi connectivity index (χ1v) is 10.2. The van der Waals surface area contributed by atoms with E-state index in [0.29, 0.717) is 29.9 Å². The topological polar surface area (TPSA) is 115 Å². The number of nitrogens with one attached hydrogen (secondary N) is 2. The molecule has 4 aromatic rings. The number of hydrogen-bond donors (Lipinski definition) is 3. The molecule has 1 atom stereocenters. The van der Waals surface area contributed by atoms with Crippen LogP contribution < -0.4 is 5.56 Å². The Hall–Kier alpha value is -3.78. The van der Waals surface area contributed by atoms with Crippen molar-refractivity contribution < 1.29 is 9.90 Å². The van der Waals surface area contributed by atoms with Crippen molar-refractivity contribution in [2.45, 2.75) is 25.4 Å². The molecule has 31 heavy (non-hydrogen) atoms. The molecule has 156 valence electrons. The maximum atomic E-state index is 12.5. The molecular weight excluding hydrogens is 394 g/mol. The molecule has 1 saturated heterocycles. The van der Waals surface area contributed by atoms with E-state index in [1.165, 1.54) is 0 Å². The number of aromatic nitrogens is 4. The molecule has 3 aromatic heterocycles. The highest BCUT2D eigenvalue weighted by atomic mass is 16.4. The number of carbonyl (C=O) groups is 1. The third-order valence-electron chi connectivity index (χ3n) is 5.79. The summed E-state index contributed by atoms with van der Waals surface area (Å²) in [5.74, 6) is -0.761. The second kappa shape index (κ2) is 7.81. The van der Waals surface area contributed by atoms with Gasteiger partial charge in [-0.3, -0.25) is 19.5 Å². The van der Waals surface area contributed by atoms with Crippen LogP contribution >= 0.6 is 0 Å². The Morgan fingerprint density at radius 1 is 1.16 bits per heavy atom. The number of nitrogens with zero attached hydrogens (tertiary/aromatic N) is 3. The third kappa shape index (κ3) is 3.73. The Morgan fingerprint density at radius 2 is 2.00 bits per heavy atom. The molecule has 1 aromatic carbocycles. The highest BCUT2D eigenvalue weighted by Gasteiger charge is 2.30. The van der Waals surface area contributed by atoms with Gasteiger partial charge in [0.25, 0.3) is 5.56 Å². The Balaban J connectivity index is 1.47. The number of aliphatic carboxylic acids is 1. The van der Waals surface area contributed by atoms with Gasteiger partial charge in [-0.25, -0.2) is 5.10 Å². The second-order valence-corrected chi connectivity index (χ2v) is 7.80. The highest BCUT2D eigenvalue weighted by Crippen LogP contribution is 2.27. The normalized spacial score (nSPS) is 16.7. The quantitative estimate of drug-likeness (QED) is 0.462. The number of pyridine rings is 1. The molecule has 1 unspecified atom stereocenters. The minimum Gasteiger partial charge on any atom is -0.480 e. The number of carboxylic acid groups (broad SMARTS) is 1. The summed E-state index contributed by atoms with van der Waals surface area (Å²) in [5.41, 5.74) is 4.40. The number of carboxylic acids is 1. The predicted molar refractivity (Wildman–Crippen MR) is 116 cm³/mol. The number of fused-ring (bicyclic) bond motifs is 1. The summed E-state index contributed by atoms with van der Waals surface area (Å²) < 4.78 is 0. The Labute approximate surface area is 177 Å². The van der Waals surface area contributed by atoms with Crippen molar-refractivity contribution in [3.05, 3.63) is 70.8 Å². The molecule has 0 spiro atoms. The number of benzene rings is 1. The molecule has 0 radical (unpaired) electrons. The molecule has 0 aliphatic carbocycles. The van der Waals surface area contributed by atoms with Crippen molar-refractivity contribution in [1.82, 2.24) is 25.1 Å². The van der Waals surface area contributed by atoms with Crippen molar-refractivity contribution in [2.75, 3.05) is 6.54 Å². The highest BCUT2D eigenvalue weighted by molar-refractivity contribution is 5.86. The van der Waals surface area contributed by atoms with Crippen molar-refractivity contribution in [2.24, 2.45) is 0 Å². The smallest absolute Gasteiger partial charge is 0.320 e. The molecule has 8 heteroatoms. The van der Waals surface area contributed by atoms with Gasteiger partial charge in [0.1, 0.15) is 6.04 Å². The number of H-pyrrole nitrogens is 2. The van der Waals surface area contributed by atoms with Crippen LogP contribution in [0, 0.1) is 0 Å². The summed E-state index contributed by atoms with van der Waals surface area (Å²) in [4.78, 5) is 33.3. The molecule has 0 amide bonds. The molecule has 0 bridgehead atoms. The summed E-state index contributed by atoms with van der Waals surface area (Å²) in [6.07, 6.45) is 4.95. The first-order valence-electron chi connectivity index (χ1n) is 10.2. The van der Waals surface area contributed by atoms with E-state index < -0.39 is 12.0 Å². The van der Waals surface area contributed by atoms with Gasteiger partial charge >= 0.3 is 5.97 Å². The fourth-order valence-electron chi connectivity index (χ4n) is 4.22. The lowest BCUT2D eigenvalue weighted by atomic mass is 10.1. The van der Waals surface area contributed by atoms with E-state index in [0.717, 1.165) is 35.0 Å². The lowest BCUT2D eigenvalue weighted by Gasteiger charge is -2.20. The van der Waals surface area contributed by atoms with Crippen LogP contribution in [0.15, 0.2) is 59.7 Å². The Morgan fingerprint density at radius 3 is 2.81 bits per heavy atom. The van der Waals surface area contributed by atoms with Crippen LogP contribution in [-0.4, -0.2) is 48.7 Å². The zero-order chi connectivity index (χ0) is 21.4. The number of rotatable bonds is 5. The van der Waals surface area contributed by atoms with Gasteiger partial charge < -0.3 is 10.1 Å². The van der Waals surface area contributed by atoms with Crippen LogP contribution in [0.3, 0.4) is 0 Å². The summed E-state index contributed by atoms with van der Waals surface area (Å²) in [5, 5.41) is 17.1. The molecule has 1 aliphatic rings. The molecule has 1 fully saturated rings. The van der Waals surface area contributed by atoms with Gasteiger partial charge in [-0.2, -0.15) is 5.10 Å². The fraction of sp³-hybridized carbons (Fsp3) is 0.217. The largest absolute Gasteiger partial charge is 0.480 e. The van der Waals surface area contributed by atoms with Crippen LogP contribution in [0.1, 0.15) is 18.4 Å². The fourth-order valence-corrected chi connectivity index (χ4v) is 4.22. The first kappa shape index (κ1) is 19.2. The first-order chi connectivity index (χ1) is 15.1. The standard InChI is InChI=1S/C23H21N5O3/c29-22-17(12-19(26-27-22)15-5-7-24-8-6-15)20-11-16-4-3-14(10-18(16)25-20)13-28-9-1-2-21(28)23(30)31/h3-8,10-12,21,25H,1-2,9,13H2,(H,27,29)(H,30,31). The maximum Gasteiger partial charge on any atom is 0.320 e. The minimum absolute atomic E-state index is 0.272. The van der Waals surface area contributed by atoms with Crippen molar-refractivity contribution in [1.29, 1.82) is 0 Å². The van der Waals surface area contributed by atoms with Gasteiger partial charge in [-0.1, -0.05) is 12.1 Å². The maximum absolute atomic E-state index is 12.5. The van der Waals surface area contributed by atoms with Gasteiger partial charge in [-0.15, -0.1) is 0 Å². The van der Waals surface area contributed by atoms with Crippen LogP contribution in [0.25, 0.3) is 33.4 Å². The summed E-state index contributed by atoms with van der Waals surface area (Å²) in [7, 11) is 0. The van der Waals surface area contributed by atoms with Crippen LogP contribution in [0.4, 0.5) is 0 Å². The molecule has 4 heterocycles. The summed E-state index contributed by atoms with van der Waals surface area (Å²) >= 11 is 0. The number of aromatic amines is 2. The average molecular weight is 415 g/mol. The van der Waals surface area contributed by atoms with Crippen molar-refractivity contribution in [3.8, 4) is 22.5 Å². The van der Waals surface area contributed by atoms with Crippen LogP contribution in [0.2, 0.25) is 0 Å². The zero-order valence-corrected chi connectivity index (χ0v) is 16.7. The van der Waals surface area contributed by atoms with E-state index in [1.54, 1.807) is 18.5 Å².